The first kappa shape index (κ1) is 14.3. The van der Waals surface area contributed by atoms with Crippen molar-refractivity contribution in [3.8, 4) is 0 Å². The van der Waals surface area contributed by atoms with Crippen molar-refractivity contribution in [2.45, 2.75) is 38.5 Å². The van der Waals surface area contributed by atoms with Crippen molar-refractivity contribution in [1.29, 1.82) is 0 Å². The topological polar surface area (TPSA) is 57.7 Å². The van der Waals surface area contributed by atoms with E-state index >= 15 is 0 Å². The Balaban J connectivity index is 1.68. The van der Waals surface area contributed by atoms with Gasteiger partial charge in [0, 0.05) is 26.2 Å². The molecule has 6 heteroatoms. The fraction of sp³-hybridized carbons (Fsp3) is 0.929. The number of carbonyl (C=O) groups is 1. The Kier molecular flexibility index (Phi) is 3.57. The average Bonchev–Trinajstić information content (AvgIpc) is 3.15. The zero-order valence-electron chi connectivity index (χ0n) is 12.2. The molecule has 1 atom stereocenters. The van der Waals surface area contributed by atoms with E-state index in [-0.39, 0.29) is 5.41 Å². The summed E-state index contributed by atoms with van der Waals surface area (Å²) in [6.07, 6.45) is 7.05. The minimum Gasteiger partial charge on any atom is -0.342 e. The van der Waals surface area contributed by atoms with E-state index in [1.807, 2.05) is 4.90 Å². The standard InChI is InChI=1S/C14H24N2O3S/c1-20(18,19)16-8-2-5-14(7-10-16)6-9-15(13(14)17)11-12-3-4-12/h12H,2-11H2,1H3/t14-/m0/s1. The van der Waals surface area contributed by atoms with Crippen LogP contribution >= 0.6 is 0 Å². The molecule has 3 aliphatic rings. The zero-order valence-corrected chi connectivity index (χ0v) is 13.0. The van der Waals surface area contributed by atoms with E-state index in [1.165, 1.54) is 19.1 Å². The molecule has 20 heavy (non-hydrogen) atoms. The van der Waals surface area contributed by atoms with Gasteiger partial charge in [-0.15, -0.1) is 0 Å². The summed E-state index contributed by atoms with van der Waals surface area (Å²) >= 11 is 0. The number of likely N-dealkylation sites (tertiary alicyclic amines) is 1. The van der Waals surface area contributed by atoms with Crippen LogP contribution in [-0.4, -0.2) is 56.0 Å². The minimum absolute atomic E-state index is 0.270. The van der Waals surface area contributed by atoms with Gasteiger partial charge in [-0.2, -0.15) is 0 Å². The van der Waals surface area contributed by atoms with Crippen LogP contribution in [-0.2, 0) is 14.8 Å². The molecule has 3 fully saturated rings. The van der Waals surface area contributed by atoms with Crippen molar-refractivity contribution < 1.29 is 13.2 Å². The summed E-state index contributed by atoms with van der Waals surface area (Å²) < 4.78 is 24.9. The van der Waals surface area contributed by atoms with Gasteiger partial charge in [-0.25, -0.2) is 12.7 Å². The highest BCUT2D eigenvalue weighted by Crippen LogP contribution is 2.43. The lowest BCUT2D eigenvalue weighted by Gasteiger charge is -2.26. The molecular weight excluding hydrogens is 276 g/mol. The molecule has 0 aromatic heterocycles. The highest BCUT2D eigenvalue weighted by molar-refractivity contribution is 7.88. The summed E-state index contributed by atoms with van der Waals surface area (Å²) in [6.45, 7) is 2.86. The zero-order chi connectivity index (χ0) is 14.4. The van der Waals surface area contributed by atoms with Crippen LogP contribution in [0.1, 0.15) is 38.5 Å². The highest BCUT2D eigenvalue weighted by Gasteiger charge is 2.48. The van der Waals surface area contributed by atoms with Crippen molar-refractivity contribution in [3.05, 3.63) is 0 Å². The van der Waals surface area contributed by atoms with E-state index in [2.05, 4.69) is 0 Å². The molecule has 1 saturated carbocycles. The third-order valence-corrected chi connectivity index (χ3v) is 6.45. The van der Waals surface area contributed by atoms with Crippen LogP contribution in [0.25, 0.3) is 0 Å². The Morgan fingerprint density at radius 3 is 2.50 bits per heavy atom. The molecule has 1 amide bonds. The molecule has 2 heterocycles. The van der Waals surface area contributed by atoms with Gasteiger partial charge in [-0.3, -0.25) is 4.79 Å². The summed E-state index contributed by atoms with van der Waals surface area (Å²) in [5.74, 6) is 1.02. The third kappa shape index (κ3) is 2.72. The molecule has 2 aliphatic heterocycles. The smallest absolute Gasteiger partial charge is 0.228 e. The van der Waals surface area contributed by atoms with Gasteiger partial charge < -0.3 is 4.90 Å². The second-order valence-electron chi connectivity index (χ2n) is 6.74. The lowest BCUT2D eigenvalue weighted by Crippen LogP contribution is -2.37. The maximum atomic E-state index is 12.7. The lowest BCUT2D eigenvalue weighted by atomic mass is 9.79. The largest absolute Gasteiger partial charge is 0.342 e. The number of sulfonamides is 1. The maximum absolute atomic E-state index is 12.7. The molecule has 2 saturated heterocycles. The van der Waals surface area contributed by atoms with E-state index in [0.717, 1.165) is 38.3 Å². The maximum Gasteiger partial charge on any atom is 0.228 e. The molecule has 0 radical (unpaired) electrons. The minimum atomic E-state index is -3.13. The molecule has 5 nitrogen and oxygen atoms in total. The number of carbonyl (C=O) groups excluding carboxylic acids is 1. The molecule has 0 N–H and O–H groups in total. The third-order valence-electron chi connectivity index (χ3n) is 5.15. The molecular formula is C14H24N2O3S. The van der Waals surface area contributed by atoms with Gasteiger partial charge in [0.15, 0.2) is 0 Å². The number of hydrogen-bond acceptors (Lipinski definition) is 3. The van der Waals surface area contributed by atoms with Gasteiger partial charge in [-0.05, 0) is 44.4 Å². The second kappa shape index (κ2) is 4.98. The van der Waals surface area contributed by atoms with Crippen molar-refractivity contribution in [2.24, 2.45) is 11.3 Å². The van der Waals surface area contributed by atoms with Crippen LogP contribution in [0.2, 0.25) is 0 Å². The van der Waals surface area contributed by atoms with Crippen molar-refractivity contribution in [1.82, 2.24) is 9.21 Å². The Bertz CT molecular complexity index is 501. The summed E-state index contributed by atoms with van der Waals surface area (Å²) in [5, 5.41) is 0. The van der Waals surface area contributed by atoms with Crippen molar-refractivity contribution in [2.75, 3.05) is 32.4 Å². The van der Waals surface area contributed by atoms with Crippen LogP contribution in [0.3, 0.4) is 0 Å². The normalized spacial score (nSPS) is 32.9. The Labute approximate surface area is 121 Å². The van der Waals surface area contributed by atoms with Crippen LogP contribution in [0.15, 0.2) is 0 Å². The van der Waals surface area contributed by atoms with E-state index in [1.54, 1.807) is 4.31 Å². The van der Waals surface area contributed by atoms with Gasteiger partial charge in [0.2, 0.25) is 15.9 Å². The predicted octanol–water partition coefficient (Wildman–Crippen LogP) is 1.06. The summed E-state index contributed by atoms with van der Waals surface area (Å²) in [5.41, 5.74) is -0.270. The van der Waals surface area contributed by atoms with E-state index in [9.17, 15) is 13.2 Å². The molecule has 0 unspecified atom stereocenters. The fourth-order valence-corrected chi connectivity index (χ4v) is 4.53. The first-order chi connectivity index (χ1) is 9.41. The van der Waals surface area contributed by atoms with Crippen LogP contribution in [0.4, 0.5) is 0 Å². The first-order valence-corrected chi connectivity index (χ1v) is 9.50. The van der Waals surface area contributed by atoms with E-state index in [4.69, 9.17) is 0 Å². The van der Waals surface area contributed by atoms with Crippen molar-refractivity contribution in [3.63, 3.8) is 0 Å². The van der Waals surface area contributed by atoms with Gasteiger partial charge in [0.05, 0.1) is 11.7 Å². The van der Waals surface area contributed by atoms with Crippen molar-refractivity contribution >= 4 is 15.9 Å². The Morgan fingerprint density at radius 2 is 1.85 bits per heavy atom. The molecule has 1 spiro atoms. The fourth-order valence-electron chi connectivity index (χ4n) is 3.64. The van der Waals surface area contributed by atoms with Gasteiger partial charge in [-0.1, -0.05) is 0 Å². The average molecular weight is 300 g/mol. The van der Waals surface area contributed by atoms with Crippen LogP contribution in [0.5, 0.6) is 0 Å². The van der Waals surface area contributed by atoms with E-state index in [0.29, 0.717) is 25.4 Å². The molecule has 3 rings (SSSR count). The monoisotopic (exact) mass is 300 g/mol. The van der Waals surface area contributed by atoms with Gasteiger partial charge in [0.1, 0.15) is 0 Å². The molecule has 114 valence electrons. The van der Waals surface area contributed by atoms with Gasteiger partial charge in [0.25, 0.3) is 0 Å². The molecule has 0 bridgehead atoms. The van der Waals surface area contributed by atoms with Crippen LogP contribution < -0.4 is 0 Å². The number of rotatable bonds is 3. The van der Waals surface area contributed by atoms with Crippen LogP contribution in [0, 0.1) is 11.3 Å². The number of nitrogens with zero attached hydrogens (tertiary/aromatic N) is 2. The number of hydrogen-bond donors (Lipinski definition) is 0. The molecule has 0 aromatic carbocycles. The second-order valence-corrected chi connectivity index (χ2v) is 8.72. The number of amides is 1. The lowest BCUT2D eigenvalue weighted by molar-refractivity contribution is -0.136. The summed E-state index contributed by atoms with van der Waals surface area (Å²) in [7, 11) is -3.13. The Hall–Kier alpha value is -0.620. The molecule has 1 aliphatic carbocycles. The molecule has 0 aromatic rings. The quantitative estimate of drug-likeness (QED) is 0.783. The highest BCUT2D eigenvalue weighted by atomic mass is 32.2. The first-order valence-electron chi connectivity index (χ1n) is 7.65. The summed E-state index contributed by atoms with van der Waals surface area (Å²) in [6, 6.07) is 0. The summed E-state index contributed by atoms with van der Waals surface area (Å²) in [4.78, 5) is 14.7. The Morgan fingerprint density at radius 1 is 1.15 bits per heavy atom. The van der Waals surface area contributed by atoms with E-state index < -0.39 is 10.0 Å². The predicted molar refractivity (Wildman–Crippen MR) is 76.6 cm³/mol. The SMILES string of the molecule is CS(=O)(=O)N1CCC[C@]2(CCN(CC3CC3)C2=O)CC1. The van der Waals surface area contributed by atoms with Gasteiger partial charge >= 0.3 is 0 Å².